The number of carbonyl (C=O) groups is 3. The third-order valence-electron chi connectivity index (χ3n) is 8.92. The smallest absolute Gasteiger partial charge is 0.408 e. The molecule has 0 spiro atoms. The summed E-state index contributed by atoms with van der Waals surface area (Å²) in [5.41, 5.74) is 0.749. The van der Waals surface area contributed by atoms with Crippen LogP contribution < -0.4 is 10.6 Å². The van der Waals surface area contributed by atoms with Gasteiger partial charge in [0.25, 0.3) is 0 Å². The molecular formula is C30H42N3O6P. The van der Waals surface area contributed by atoms with Crippen LogP contribution in [0, 0.1) is 5.92 Å². The van der Waals surface area contributed by atoms with Crippen LogP contribution in [0.3, 0.4) is 0 Å². The van der Waals surface area contributed by atoms with Gasteiger partial charge in [0, 0.05) is 12.5 Å². The maximum atomic E-state index is 13.9. The third kappa shape index (κ3) is 6.46. The highest BCUT2D eigenvalue weighted by Crippen LogP contribution is 2.71. The van der Waals surface area contributed by atoms with Crippen LogP contribution in [-0.2, 0) is 25.1 Å². The van der Waals surface area contributed by atoms with Crippen LogP contribution in [0.5, 0.6) is 0 Å². The Kier molecular flexibility index (Phi) is 9.01. The number of alkyl carbamates (subject to hydrolysis) is 1. The molecule has 3 amide bonds. The number of carbonyl (C=O) groups excluding carboxylic acids is 3. The van der Waals surface area contributed by atoms with Crippen molar-refractivity contribution in [1.82, 2.24) is 15.5 Å². The van der Waals surface area contributed by atoms with Gasteiger partial charge in [-0.05, 0) is 69.8 Å². The SMILES string of the molecule is O=C(N[C@H]1CCCCC/C=C\[C@@H]2C[C@@]2(P(=O)(O)Cc2ccccc2)NC(=O)[C@@H]2CCCN2C1=O)OC1CCCC1. The standard InChI is InChI=1S/C30H42N3O6P/c34-27-26-18-11-19-33(26)28(35)25(31-29(36)39-24-15-9-10-16-24)17-8-3-1-2-7-14-23-20-30(23,32-27)40(37,38)21-22-12-5-4-6-13-22/h4-7,12-14,23-26H,1-3,8-11,15-21H2,(H,31,36)(H,32,34)(H,37,38)/b14-7-/t23-,25+,26+,30+/m1/s1. The Bertz CT molecular complexity index is 1150. The largest absolute Gasteiger partial charge is 0.446 e. The molecule has 40 heavy (non-hydrogen) atoms. The first-order valence-corrected chi connectivity index (χ1v) is 16.8. The molecule has 2 aliphatic heterocycles. The van der Waals surface area contributed by atoms with Crippen molar-refractivity contribution >= 4 is 25.3 Å². The highest BCUT2D eigenvalue weighted by Gasteiger charge is 2.65. The summed E-state index contributed by atoms with van der Waals surface area (Å²) in [6.45, 7) is 0.407. The molecule has 5 atom stereocenters. The van der Waals surface area contributed by atoms with Crippen molar-refractivity contribution in [3.05, 3.63) is 48.0 Å². The van der Waals surface area contributed by atoms with Crippen LogP contribution in [0.15, 0.2) is 42.5 Å². The summed E-state index contributed by atoms with van der Waals surface area (Å²) in [5, 5.41) is 4.55. The Morgan fingerprint density at radius 2 is 1.80 bits per heavy atom. The molecule has 218 valence electrons. The quantitative estimate of drug-likeness (QED) is 0.343. The first-order chi connectivity index (χ1) is 19.3. The molecule has 9 nitrogen and oxygen atoms in total. The van der Waals surface area contributed by atoms with E-state index in [1.807, 2.05) is 42.5 Å². The van der Waals surface area contributed by atoms with Gasteiger partial charge < -0.3 is 25.2 Å². The number of nitrogens with zero attached hydrogens (tertiary/aromatic N) is 1. The number of nitrogens with one attached hydrogen (secondary N) is 2. The molecule has 0 aromatic heterocycles. The van der Waals surface area contributed by atoms with Crippen molar-refractivity contribution in [2.24, 2.45) is 5.92 Å². The monoisotopic (exact) mass is 571 g/mol. The van der Waals surface area contributed by atoms with Gasteiger partial charge in [0.05, 0.1) is 6.16 Å². The van der Waals surface area contributed by atoms with Gasteiger partial charge in [0.2, 0.25) is 19.2 Å². The van der Waals surface area contributed by atoms with E-state index in [0.29, 0.717) is 32.2 Å². The zero-order chi connectivity index (χ0) is 28.2. The van der Waals surface area contributed by atoms with Crippen LogP contribution in [0.2, 0.25) is 0 Å². The Balaban J connectivity index is 1.35. The average Bonchev–Trinajstić information content (AvgIpc) is 3.27. The second-order valence-electron chi connectivity index (χ2n) is 11.8. The number of fused-ring (bicyclic) bond motifs is 2. The molecule has 2 saturated carbocycles. The Morgan fingerprint density at radius 1 is 1.05 bits per heavy atom. The van der Waals surface area contributed by atoms with Crippen molar-refractivity contribution in [2.75, 3.05) is 6.54 Å². The van der Waals surface area contributed by atoms with Crippen molar-refractivity contribution in [2.45, 2.75) is 107 Å². The summed E-state index contributed by atoms with van der Waals surface area (Å²) in [6, 6.07) is 7.66. The van der Waals surface area contributed by atoms with Crippen LogP contribution in [0.25, 0.3) is 0 Å². The first kappa shape index (κ1) is 28.9. The van der Waals surface area contributed by atoms with Gasteiger partial charge in [0.1, 0.15) is 23.5 Å². The molecule has 1 saturated heterocycles. The van der Waals surface area contributed by atoms with E-state index in [1.165, 1.54) is 0 Å². The Morgan fingerprint density at radius 3 is 2.58 bits per heavy atom. The minimum Gasteiger partial charge on any atom is -0.446 e. The Labute approximate surface area is 236 Å². The first-order valence-electron chi connectivity index (χ1n) is 14.9. The van der Waals surface area contributed by atoms with Crippen LogP contribution >= 0.6 is 7.37 Å². The fraction of sp³-hybridized carbons (Fsp3) is 0.633. The number of ether oxygens (including phenoxy) is 1. The van der Waals surface area contributed by atoms with Crippen LogP contribution in [-0.4, -0.2) is 57.7 Å². The molecule has 1 aromatic rings. The van der Waals surface area contributed by atoms with E-state index in [9.17, 15) is 23.8 Å². The third-order valence-corrected chi connectivity index (χ3v) is 11.6. The molecule has 5 rings (SSSR count). The highest BCUT2D eigenvalue weighted by molar-refractivity contribution is 7.59. The van der Waals surface area contributed by atoms with E-state index >= 15 is 0 Å². The molecule has 4 aliphatic rings. The number of benzene rings is 1. The van der Waals surface area contributed by atoms with Crippen molar-refractivity contribution in [1.29, 1.82) is 0 Å². The molecule has 2 heterocycles. The number of hydrogen-bond donors (Lipinski definition) is 3. The lowest BCUT2D eigenvalue weighted by atomic mass is 10.1. The maximum Gasteiger partial charge on any atom is 0.408 e. The lowest BCUT2D eigenvalue weighted by Crippen LogP contribution is -2.55. The summed E-state index contributed by atoms with van der Waals surface area (Å²) in [7, 11) is -3.86. The normalized spacial score (nSPS) is 32.0. The summed E-state index contributed by atoms with van der Waals surface area (Å²) >= 11 is 0. The average molecular weight is 572 g/mol. The van der Waals surface area contributed by atoms with Gasteiger partial charge in [-0.2, -0.15) is 0 Å². The summed E-state index contributed by atoms with van der Waals surface area (Å²) < 4.78 is 19.5. The molecule has 1 aromatic carbocycles. The number of rotatable bonds is 5. The van der Waals surface area contributed by atoms with Crippen LogP contribution in [0.1, 0.15) is 82.6 Å². The summed E-state index contributed by atoms with van der Waals surface area (Å²) in [6.07, 6.45) is 12.4. The van der Waals surface area contributed by atoms with E-state index in [-0.39, 0.29) is 24.1 Å². The predicted octanol–water partition coefficient (Wildman–Crippen LogP) is 4.84. The highest BCUT2D eigenvalue weighted by atomic mass is 31.2. The zero-order valence-corrected chi connectivity index (χ0v) is 24.0. The summed E-state index contributed by atoms with van der Waals surface area (Å²) in [5.74, 6) is -0.912. The van der Waals surface area contributed by atoms with Gasteiger partial charge in [-0.25, -0.2) is 4.79 Å². The number of hydrogen-bond acceptors (Lipinski definition) is 5. The van der Waals surface area contributed by atoms with E-state index in [4.69, 9.17) is 4.74 Å². The topological polar surface area (TPSA) is 125 Å². The molecule has 2 aliphatic carbocycles. The van der Waals surface area contributed by atoms with Gasteiger partial charge in [-0.15, -0.1) is 0 Å². The minimum absolute atomic E-state index is 0.0269. The van der Waals surface area contributed by atoms with Crippen molar-refractivity contribution < 1.29 is 28.6 Å². The van der Waals surface area contributed by atoms with Crippen molar-refractivity contribution in [3.8, 4) is 0 Å². The van der Waals surface area contributed by atoms with Crippen molar-refractivity contribution in [3.63, 3.8) is 0 Å². The van der Waals surface area contributed by atoms with E-state index in [2.05, 4.69) is 10.6 Å². The maximum absolute atomic E-state index is 13.9. The predicted molar refractivity (Wildman–Crippen MR) is 152 cm³/mol. The van der Waals surface area contributed by atoms with E-state index < -0.39 is 36.7 Å². The lowest BCUT2D eigenvalue weighted by Gasteiger charge is -2.31. The lowest BCUT2D eigenvalue weighted by molar-refractivity contribution is -0.140. The fourth-order valence-corrected chi connectivity index (χ4v) is 8.91. The van der Waals surface area contributed by atoms with Gasteiger partial charge >= 0.3 is 6.09 Å². The van der Waals surface area contributed by atoms with E-state index in [0.717, 1.165) is 56.9 Å². The number of amides is 3. The zero-order valence-electron chi connectivity index (χ0n) is 23.1. The molecule has 0 bridgehead atoms. The molecule has 3 N–H and O–H groups in total. The molecule has 10 heteroatoms. The Hall–Kier alpha value is -2.64. The van der Waals surface area contributed by atoms with Gasteiger partial charge in [0.15, 0.2) is 0 Å². The second-order valence-corrected chi connectivity index (χ2v) is 14.4. The molecule has 1 unspecified atom stereocenters. The van der Waals surface area contributed by atoms with Crippen LogP contribution in [0.4, 0.5) is 4.79 Å². The van der Waals surface area contributed by atoms with Gasteiger partial charge in [-0.3, -0.25) is 14.2 Å². The molecule has 0 radical (unpaired) electrons. The van der Waals surface area contributed by atoms with E-state index in [1.54, 1.807) is 4.90 Å². The second kappa shape index (κ2) is 12.5. The fourth-order valence-electron chi connectivity index (χ4n) is 6.55. The minimum atomic E-state index is -3.86. The summed E-state index contributed by atoms with van der Waals surface area (Å²) in [4.78, 5) is 53.1. The molecular weight excluding hydrogens is 529 g/mol. The van der Waals surface area contributed by atoms with Gasteiger partial charge in [-0.1, -0.05) is 55.3 Å². The molecule has 3 fully saturated rings. The number of allylic oxidation sites excluding steroid dienone is 1.